The van der Waals surface area contributed by atoms with E-state index in [4.69, 9.17) is 32.7 Å². The molecular weight excluding hydrogens is 415 g/mol. The molecule has 0 N–H and O–H groups in total. The number of hydrogen-bond donors (Lipinski definition) is 0. The Bertz CT molecular complexity index is 760. The van der Waals surface area contributed by atoms with Crippen LogP contribution in [0.1, 0.15) is 30.9 Å². The van der Waals surface area contributed by atoms with Gasteiger partial charge < -0.3 is 9.47 Å². The van der Waals surface area contributed by atoms with E-state index in [-0.39, 0.29) is 12.5 Å². The molecule has 0 fully saturated rings. The highest BCUT2D eigenvalue weighted by Gasteiger charge is 2.15. The first-order valence-corrected chi connectivity index (χ1v) is 8.91. The average molecular weight is 432 g/mol. The van der Waals surface area contributed by atoms with Gasteiger partial charge in [-0.25, -0.2) is 4.79 Å². The standard InChI is InChI=1S/C18H17BrCl2O3/c1-10(2)13-8-14(19)11(3)6-17(13)24-18(22)9-23-16-5-4-12(20)7-15(16)21/h4-8,10H,9H2,1-3H3. The monoisotopic (exact) mass is 430 g/mol. The molecule has 0 aliphatic rings. The van der Waals surface area contributed by atoms with E-state index >= 15 is 0 Å². The van der Waals surface area contributed by atoms with Crippen LogP contribution < -0.4 is 9.47 Å². The topological polar surface area (TPSA) is 35.5 Å². The second-order valence-corrected chi connectivity index (χ2v) is 7.33. The Balaban J connectivity index is 2.08. The van der Waals surface area contributed by atoms with Crippen molar-refractivity contribution in [1.29, 1.82) is 0 Å². The molecule has 0 amide bonds. The molecule has 2 rings (SSSR count). The van der Waals surface area contributed by atoms with Crippen molar-refractivity contribution in [3.8, 4) is 11.5 Å². The first-order chi connectivity index (χ1) is 11.3. The zero-order valence-electron chi connectivity index (χ0n) is 13.5. The Labute approximate surface area is 160 Å². The number of carbonyl (C=O) groups excluding carboxylic acids is 1. The molecule has 0 bridgehead atoms. The fraction of sp³-hybridized carbons (Fsp3) is 0.278. The number of carbonyl (C=O) groups is 1. The predicted octanol–water partition coefficient (Wildman–Crippen LogP) is 6.17. The number of esters is 1. The molecule has 0 saturated carbocycles. The Hall–Kier alpha value is -1.23. The van der Waals surface area contributed by atoms with Crippen molar-refractivity contribution >= 4 is 45.1 Å². The van der Waals surface area contributed by atoms with Crippen LogP contribution in [-0.2, 0) is 4.79 Å². The van der Waals surface area contributed by atoms with Crippen molar-refractivity contribution in [3.63, 3.8) is 0 Å². The Morgan fingerprint density at radius 3 is 2.50 bits per heavy atom. The van der Waals surface area contributed by atoms with Crippen LogP contribution >= 0.6 is 39.1 Å². The molecule has 0 saturated heterocycles. The number of benzene rings is 2. The van der Waals surface area contributed by atoms with E-state index in [0.29, 0.717) is 21.5 Å². The van der Waals surface area contributed by atoms with Crippen molar-refractivity contribution in [2.24, 2.45) is 0 Å². The number of ether oxygens (including phenoxy) is 2. The highest BCUT2D eigenvalue weighted by molar-refractivity contribution is 9.10. The van der Waals surface area contributed by atoms with Crippen LogP contribution in [0.25, 0.3) is 0 Å². The molecule has 2 aromatic carbocycles. The molecule has 3 nitrogen and oxygen atoms in total. The molecule has 6 heteroatoms. The zero-order chi connectivity index (χ0) is 17.9. The van der Waals surface area contributed by atoms with Crippen LogP contribution in [0.4, 0.5) is 0 Å². The molecule has 0 aliphatic carbocycles. The van der Waals surface area contributed by atoms with E-state index in [0.717, 1.165) is 15.6 Å². The van der Waals surface area contributed by atoms with Gasteiger partial charge in [0.1, 0.15) is 11.5 Å². The van der Waals surface area contributed by atoms with Crippen molar-refractivity contribution in [2.75, 3.05) is 6.61 Å². The summed E-state index contributed by atoms with van der Waals surface area (Å²) < 4.78 is 11.9. The molecule has 0 aliphatic heterocycles. The largest absolute Gasteiger partial charge is 0.480 e. The average Bonchev–Trinajstić information content (AvgIpc) is 2.49. The van der Waals surface area contributed by atoms with Gasteiger partial charge >= 0.3 is 5.97 Å². The summed E-state index contributed by atoms with van der Waals surface area (Å²) >= 11 is 15.3. The van der Waals surface area contributed by atoms with Gasteiger partial charge in [-0.1, -0.05) is 53.0 Å². The summed E-state index contributed by atoms with van der Waals surface area (Å²) in [6.45, 7) is 5.78. The Morgan fingerprint density at radius 2 is 1.88 bits per heavy atom. The Morgan fingerprint density at radius 1 is 1.17 bits per heavy atom. The molecule has 0 spiro atoms. The van der Waals surface area contributed by atoms with Crippen molar-refractivity contribution in [2.45, 2.75) is 26.7 Å². The van der Waals surface area contributed by atoms with Crippen LogP contribution in [0.3, 0.4) is 0 Å². The highest BCUT2D eigenvalue weighted by atomic mass is 79.9. The maximum atomic E-state index is 12.1. The summed E-state index contributed by atoms with van der Waals surface area (Å²) in [5.74, 6) is 0.650. The lowest BCUT2D eigenvalue weighted by molar-refractivity contribution is -0.136. The third kappa shape index (κ3) is 4.88. The highest BCUT2D eigenvalue weighted by Crippen LogP contribution is 2.32. The van der Waals surface area contributed by atoms with Gasteiger partial charge in [0.15, 0.2) is 6.61 Å². The summed E-state index contributed by atoms with van der Waals surface area (Å²) in [5.41, 5.74) is 1.94. The first kappa shape index (κ1) is 19.1. The molecule has 0 radical (unpaired) electrons. The van der Waals surface area contributed by atoms with E-state index < -0.39 is 5.97 Å². The van der Waals surface area contributed by atoms with Crippen molar-refractivity contribution < 1.29 is 14.3 Å². The van der Waals surface area contributed by atoms with E-state index in [2.05, 4.69) is 15.9 Å². The fourth-order valence-corrected chi connectivity index (χ4v) is 2.92. The van der Waals surface area contributed by atoms with Gasteiger partial charge in [0.25, 0.3) is 0 Å². The minimum atomic E-state index is -0.496. The quantitative estimate of drug-likeness (QED) is 0.419. The smallest absolute Gasteiger partial charge is 0.349 e. The van der Waals surface area contributed by atoms with Crippen LogP contribution in [0.5, 0.6) is 11.5 Å². The van der Waals surface area contributed by atoms with Gasteiger partial charge in [-0.2, -0.15) is 0 Å². The van der Waals surface area contributed by atoms with Gasteiger partial charge in [0.2, 0.25) is 0 Å². The van der Waals surface area contributed by atoms with Crippen LogP contribution in [-0.4, -0.2) is 12.6 Å². The molecular formula is C18H17BrCl2O3. The van der Waals surface area contributed by atoms with E-state index in [1.807, 2.05) is 32.9 Å². The zero-order valence-corrected chi connectivity index (χ0v) is 16.6. The number of rotatable bonds is 5. The van der Waals surface area contributed by atoms with Crippen LogP contribution in [0, 0.1) is 6.92 Å². The summed E-state index contributed by atoms with van der Waals surface area (Å²) in [7, 11) is 0. The third-order valence-electron chi connectivity index (χ3n) is 3.38. The molecule has 0 atom stereocenters. The Kier molecular flexibility index (Phi) is 6.55. The lowest BCUT2D eigenvalue weighted by Gasteiger charge is -2.15. The van der Waals surface area contributed by atoms with Gasteiger partial charge in [-0.3, -0.25) is 0 Å². The van der Waals surface area contributed by atoms with Gasteiger partial charge in [-0.05, 0) is 54.3 Å². The summed E-state index contributed by atoms with van der Waals surface area (Å²) in [6, 6.07) is 8.62. The molecule has 24 heavy (non-hydrogen) atoms. The maximum Gasteiger partial charge on any atom is 0.349 e. The summed E-state index contributed by atoms with van der Waals surface area (Å²) in [6.07, 6.45) is 0. The minimum Gasteiger partial charge on any atom is -0.480 e. The molecule has 2 aromatic rings. The minimum absolute atomic E-state index is 0.219. The number of hydrogen-bond acceptors (Lipinski definition) is 3. The first-order valence-electron chi connectivity index (χ1n) is 7.36. The van der Waals surface area contributed by atoms with Gasteiger partial charge in [-0.15, -0.1) is 0 Å². The SMILES string of the molecule is Cc1cc(OC(=O)COc2ccc(Cl)cc2Cl)c(C(C)C)cc1Br. The second-order valence-electron chi connectivity index (χ2n) is 5.63. The van der Waals surface area contributed by atoms with Gasteiger partial charge in [0.05, 0.1) is 5.02 Å². The summed E-state index contributed by atoms with van der Waals surface area (Å²) in [5, 5.41) is 0.847. The second kappa shape index (κ2) is 8.24. The number of aryl methyl sites for hydroxylation is 1. The van der Waals surface area contributed by atoms with E-state index in [1.54, 1.807) is 18.2 Å². The summed E-state index contributed by atoms with van der Waals surface area (Å²) in [4.78, 5) is 12.1. The lowest BCUT2D eigenvalue weighted by atomic mass is 10.0. The maximum absolute atomic E-state index is 12.1. The molecule has 128 valence electrons. The van der Waals surface area contributed by atoms with Gasteiger partial charge in [0, 0.05) is 9.50 Å². The van der Waals surface area contributed by atoms with E-state index in [1.165, 1.54) is 0 Å². The number of halogens is 3. The lowest BCUT2D eigenvalue weighted by Crippen LogP contribution is -2.18. The van der Waals surface area contributed by atoms with E-state index in [9.17, 15) is 4.79 Å². The fourth-order valence-electron chi connectivity index (χ4n) is 2.09. The van der Waals surface area contributed by atoms with Crippen LogP contribution in [0.2, 0.25) is 10.0 Å². The van der Waals surface area contributed by atoms with Crippen molar-refractivity contribution in [3.05, 3.63) is 56.0 Å². The predicted molar refractivity (Wildman–Crippen MR) is 101 cm³/mol. The normalized spacial score (nSPS) is 10.8. The van der Waals surface area contributed by atoms with Crippen molar-refractivity contribution in [1.82, 2.24) is 0 Å². The molecule has 0 aromatic heterocycles. The molecule has 0 heterocycles. The third-order valence-corrected chi connectivity index (χ3v) is 4.76. The molecule has 0 unspecified atom stereocenters. The van der Waals surface area contributed by atoms with Crippen LogP contribution in [0.15, 0.2) is 34.8 Å².